The summed E-state index contributed by atoms with van der Waals surface area (Å²) >= 11 is 0. The zero-order valence-corrected chi connectivity index (χ0v) is 14.1. The van der Waals surface area contributed by atoms with Crippen LogP contribution < -0.4 is 10.1 Å². The molecule has 4 rings (SSSR count). The summed E-state index contributed by atoms with van der Waals surface area (Å²) in [5, 5.41) is 4.01. The van der Waals surface area contributed by atoms with Crippen LogP contribution in [-0.4, -0.2) is 27.8 Å². The first-order valence-electron chi connectivity index (χ1n) is 8.08. The van der Waals surface area contributed by atoms with E-state index in [9.17, 15) is 4.79 Å². The summed E-state index contributed by atoms with van der Waals surface area (Å²) in [6, 6.07) is 14.8. The molecular formula is C20H16N4O2. The number of nitrogens with zero attached hydrogens (tertiary/aromatic N) is 2. The number of rotatable bonds is 5. The Hall–Kier alpha value is -3.67. The van der Waals surface area contributed by atoms with Crippen LogP contribution in [0.15, 0.2) is 67.1 Å². The third-order valence-corrected chi connectivity index (χ3v) is 4.07. The summed E-state index contributed by atoms with van der Waals surface area (Å²) in [7, 11) is 1.63. The molecule has 26 heavy (non-hydrogen) atoms. The lowest BCUT2D eigenvalue weighted by Crippen LogP contribution is -2.00. The summed E-state index contributed by atoms with van der Waals surface area (Å²) in [5.41, 5.74) is 2.68. The van der Waals surface area contributed by atoms with Gasteiger partial charge in [0.25, 0.3) is 0 Å². The van der Waals surface area contributed by atoms with Gasteiger partial charge < -0.3 is 15.0 Å². The van der Waals surface area contributed by atoms with Gasteiger partial charge in [0.1, 0.15) is 17.2 Å². The Morgan fingerprint density at radius 2 is 1.96 bits per heavy atom. The highest BCUT2D eigenvalue weighted by Crippen LogP contribution is 2.24. The molecule has 0 amide bonds. The first-order valence-corrected chi connectivity index (χ1v) is 8.08. The molecule has 2 N–H and O–H groups in total. The molecule has 3 heterocycles. The van der Waals surface area contributed by atoms with Gasteiger partial charge in [0, 0.05) is 40.8 Å². The molecule has 0 atom stereocenters. The molecule has 0 saturated carbocycles. The van der Waals surface area contributed by atoms with E-state index in [0.717, 1.165) is 16.8 Å². The van der Waals surface area contributed by atoms with Gasteiger partial charge in [-0.25, -0.2) is 4.98 Å². The number of pyridine rings is 2. The molecule has 6 heteroatoms. The predicted molar refractivity (Wildman–Crippen MR) is 100 cm³/mol. The van der Waals surface area contributed by atoms with E-state index >= 15 is 0 Å². The zero-order chi connectivity index (χ0) is 17.9. The lowest BCUT2D eigenvalue weighted by Gasteiger charge is -2.07. The Bertz CT molecular complexity index is 1060. The predicted octanol–water partition coefficient (Wildman–Crippen LogP) is 3.94. The van der Waals surface area contributed by atoms with Crippen LogP contribution in [0.25, 0.3) is 11.0 Å². The highest BCUT2D eigenvalue weighted by atomic mass is 16.5. The molecule has 0 spiro atoms. The number of H-pyrrole nitrogens is 1. The van der Waals surface area contributed by atoms with Crippen LogP contribution in [0.5, 0.6) is 5.75 Å². The highest BCUT2D eigenvalue weighted by molar-refractivity contribution is 6.15. The molecule has 0 saturated heterocycles. The third kappa shape index (κ3) is 3.00. The number of methoxy groups -OCH3 is 1. The minimum absolute atomic E-state index is 0.0815. The van der Waals surface area contributed by atoms with E-state index in [0.29, 0.717) is 22.6 Å². The van der Waals surface area contributed by atoms with Gasteiger partial charge in [-0.2, -0.15) is 0 Å². The Balaban J connectivity index is 1.61. The van der Waals surface area contributed by atoms with Crippen molar-refractivity contribution in [2.45, 2.75) is 0 Å². The second kappa shape index (κ2) is 6.68. The van der Waals surface area contributed by atoms with Crippen molar-refractivity contribution < 1.29 is 9.53 Å². The molecule has 128 valence electrons. The Morgan fingerprint density at radius 1 is 1.12 bits per heavy atom. The van der Waals surface area contributed by atoms with E-state index in [-0.39, 0.29) is 5.78 Å². The normalized spacial score (nSPS) is 10.7. The number of carbonyl (C=O) groups excluding carboxylic acids is 1. The van der Waals surface area contributed by atoms with Crippen LogP contribution >= 0.6 is 0 Å². The summed E-state index contributed by atoms with van der Waals surface area (Å²) < 4.78 is 5.15. The molecule has 0 aliphatic heterocycles. The number of aromatic nitrogens is 3. The number of ketones is 1. The summed E-state index contributed by atoms with van der Waals surface area (Å²) in [6.07, 6.45) is 4.89. The average molecular weight is 344 g/mol. The van der Waals surface area contributed by atoms with Crippen LogP contribution in [0.4, 0.5) is 11.5 Å². The van der Waals surface area contributed by atoms with Crippen LogP contribution in [0.1, 0.15) is 15.9 Å². The second-order valence-electron chi connectivity index (χ2n) is 5.72. The quantitative estimate of drug-likeness (QED) is 0.536. The Morgan fingerprint density at radius 3 is 2.69 bits per heavy atom. The van der Waals surface area contributed by atoms with E-state index in [1.165, 1.54) is 0 Å². The number of hydrogen-bond acceptors (Lipinski definition) is 5. The first-order chi connectivity index (χ1) is 12.7. The lowest BCUT2D eigenvalue weighted by molar-refractivity contribution is 0.104. The van der Waals surface area contributed by atoms with Gasteiger partial charge in [-0.15, -0.1) is 0 Å². The largest absolute Gasteiger partial charge is 0.497 e. The van der Waals surface area contributed by atoms with Crippen molar-refractivity contribution in [3.63, 3.8) is 0 Å². The molecule has 0 fully saturated rings. The Kier molecular flexibility index (Phi) is 4.07. The number of aromatic amines is 1. The maximum atomic E-state index is 12.6. The minimum atomic E-state index is -0.0815. The van der Waals surface area contributed by atoms with Crippen molar-refractivity contribution in [1.82, 2.24) is 15.0 Å². The fraction of sp³-hybridized carbons (Fsp3) is 0.0500. The topological polar surface area (TPSA) is 79.9 Å². The van der Waals surface area contributed by atoms with Gasteiger partial charge in [-0.1, -0.05) is 0 Å². The van der Waals surface area contributed by atoms with Crippen molar-refractivity contribution in [2.75, 3.05) is 12.4 Å². The van der Waals surface area contributed by atoms with Crippen LogP contribution in [0, 0.1) is 0 Å². The number of carbonyl (C=O) groups is 1. The summed E-state index contributed by atoms with van der Waals surface area (Å²) in [6.45, 7) is 0. The minimum Gasteiger partial charge on any atom is -0.497 e. The van der Waals surface area contributed by atoms with Gasteiger partial charge in [0.2, 0.25) is 0 Å². The molecule has 6 nitrogen and oxygen atoms in total. The van der Waals surface area contributed by atoms with Crippen molar-refractivity contribution in [3.8, 4) is 5.75 Å². The number of anilines is 2. The van der Waals surface area contributed by atoms with E-state index < -0.39 is 0 Å². The van der Waals surface area contributed by atoms with Crippen LogP contribution in [-0.2, 0) is 0 Å². The van der Waals surface area contributed by atoms with Crippen LogP contribution in [0.2, 0.25) is 0 Å². The standard InChI is InChI=1S/C20H16N4O2/c1-26-15-6-4-14(5-7-15)23-18-9-8-16-17(12-22-20(16)24-18)19(25)13-3-2-10-21-11-13/h2-12H,1H3,(H2,22,23,24). The number of nitrogens with one attached hydrogen (secondary N) is 2. The molecule has 3 aromatic heterocycles. The third-order valence-electron chi connectivity index (χ3n) is 4.07. The summed E-state index contributed by atoms with van der Waals surface area (Å²) in [4.78, 5) is 24.3. The number of benzene rings is 1. The molecule has 1 aromatic carbocycles. The lowest BCUT2D eigenvalue weighted by atomic mass is 10.1. The van der Waals surface area contributed by atoms with Crippen molar-refractivity contribution in [3.05, 3.63) is 78.2 Å². The number of fused-ring (bicyclic) bond motifs is 1. The van der Waals surface area contributed by atoms with Crippen LogP contribution in [0.3, 0.4) is 0 Å². The van der Waals surface area contributed by atoms with E-state index in [2.05, 4.69) is 20.3 Å². The van der Waals surface area contributed by atoms with E-state index in [1.54, 1.807) is 37.8 Å². The zero-order valence-electron chi connectivity index (χ0n) is 14.1. The van der Waals surface area contributed by atoms with E-state index in [1.807, 2.05) is 36.4 Å². The van der Waals surface area contributed by atoms with Gasteiger partial charge in [0.15, 0.2) is 5.78 Å². The monoisotopic (exact) mass is 344 g/mol. The fourth-order valence-electron chi connectivity index (χ4n) is 2.74. The molecule has 0 aliphatic rings. The highest BCUT2D eigenvalue weighted by Gasteiger charge is 2.15. The average Bonchev–Trinajstić information content (AvgIpc) is 3.12. The van der Waals surface area contributed by atoms with Crippen molar-refractivity contribution >= 4 is 28.3 Å². The fourth-order valence-corrected chi connectivity index (χ4v) is 2.74. The number of ether oxygens (including phenoxy) is 1. The maximum Gasteiger partial charge on any atom is 0.196 e. The summed E-state index contributed by atoms with van der Waals surface area (Å²) in [5.74, 6) is 1.40. The Labute approximate surface area is 149 Å². The molecule has 0 unspecified atom stereocenters. The van der Waals surface area contributed by atoms with Crippen molar-refractivity contribution in [1.29, 1.82) is 0 Å². The molecule has 0 bridgehead atoms. The van der Waals surface area contributed by atoms with Gasteiger partial charge in [0.05, 0.1) is 7.11 Å². The molecule has 0 aliphatic carbocycles. The van der Waals surface area contributed by atoms with E-state index in [4.69, 9.17) is 4.74 Å². The smallest absolute Gasteiger partial charge is 0.196 e. The van der Waals surface area contributed by atoms with Crippen molar-refractivity contribution in [2.24, 2.45) is 0 Å². The number of hydrogen-bond donors (Lipinski definition) is 2. The van der Waals surface area contributed by atoms with Gasteiger partial charge >= 0.3 is 0 Å². The SMILES string of the molecule is COc1ccc(Nc2ccc3c(C(=O)c4cccnc4)c[nH]c3n2)cc1. The molecular weight excluding hydrogens is 328 g/mol. The van der Waals surface area contributed by atoms with Gasteiger partial charge in [-0.3, -0.25) is 9.78 Å². The van der Waals surface area contributed by atoms with Gasteiger partial charge in [-0.05, 0) is 48.5 Å². The molecule has 0 radical (unpaired) electrons. The molecule has 4 aromatic rings. The second-order valence-corrected chi connectivity index (χ2v) is 5.72. The maximum absolute atomic E-state index is 12.6. The first kappa shape index (κ1) is 15.8.